The molecule has 1 aromatic heterocycles. The van der Waals surface area contributed by atoms with Crippen molar-refractivity contribution in [1.29, 1.82) is 0 Å². The van der Waals surface area contributed by atoms with Crippen LogP contribution in [-0.2, 0) is 0 Å². The second-order valence-corrected chi connectivity index (χ2v) is 6.56. The van der Waals surface area contributed by atoms with Gasteiger partial charge in [0.1, 0.15) is 5.82 Å². The minimum Gasteiger partial charge on any atom is -0.237 e. The number of aromatic nitrogens is 2. The van der Waals surface area contributed by atoms with Crippen LogP contribution in [0.4, 0.5) is 0 Å². The van der Waals surface area contributed by atoms with Crippen LogP contribution in [0.25, 0.3) is 11.3 Å². The van der Waals surface area contributed by atoms with Crippen LogP contribution >= 0.6 is 0 Å². The molecule has 2 aromatic rings. The summed E-state index contributed by atoms with van der Waals surface area (Å²) in [4.78, 5) is 9.76. The molecule has 2 heteroatoms. The van der Waals surface area contributed by atoms with E-state index in [1.807, 2.05) is 6.07 Å². The molecule has 0 aliphatic heterocycles. The Morgan fingerprint density at radius 1 is 0.714 bits per heavy atom. The van der Waals surface area contributed by atoms with Crippen molar-refractivity contribution >= 4 is 0 Å². The number of nitrogens with zero attached hydrogens (tertiary/aromatic N) is 2. The van der Waals surface area contributed by atoms with Gasteiger partial charge in [0.2, 0.25) is 0 Å². The Morgan fingerprint density at radius 3 is 1.81 bits per heavy atom. The van der Waals surface area contributed by atoms with Gasteiger partial charge in [-0.3, -0.25) is 0 Å². The van der Waals surface area contributed by atoms with Gasteiger partial charge in [0.25, 0.3) is 0 Å². The highest BCUT2D eigenvalue weighted by molar-refractivity contribution is 5.65. The molecule has 0 aliphatic rings. The standard InChI is InChI=1S/C19H26N2/c1-12(2)16-17(13(3)4)20-19(14(5)6)21-18(16)15-10-8-7-9-11-15/h7-14H,1-6H3. The van der Waals surface area contributed by atoms with Gasteiger partial charge in [0, 0.05) is 17.0 Å². The molecule has 1 heterocycles. The molecule has 0 aliphatic carbocycles. The van der Waals surface area contributed by atoms with Crippen molar-refractivity contribution < 1.29 is 0 Å². The Bertz CT molecular complexity index is 598. The first-order chi connectivity index (χ1) is 9.91. The summed E-state index contributed by atoms with van der Waals surface area (Å²) >= 11 is 0. The van der Waals surface area contributed by atoms with Gasteiger partial charge in [-0.05, 0) is 11.8 Å². The summed E-state index contributed by atoms with van der Waals surface area (Å²) in [5.41, 5.74) is 4.78. The average Bonchev–Trinajstić information content (AvgIpc) is 2.46. The van der Waals surface area contributed by atoms with E-state index in [-0.39, 0.29) is 0 Å². The third-order valence-electron chi connectivity index (χ3n) is 3.68. The molecule has 0 radical (unpaired) electrons. The lowest BCUT2D eigenvalue weighted by Gasteiger charge is -2.21. The van der Waals surface area contributed by atoms with Crippen molar-refractivity contribution in [3.05, 3.63) is 47.4 Å². The molecule has 1 aromatic carbocycles. The van der Waals surface area contributed by atoms with E-state index in [0.29, 0.717) is 17.8 Å². The van der Waals surface area contributed by atoms with Crippen molar-refractivity contribution in [3.63, 3.8) is 0 Å². The van der Waals surface area contributed by atoms with Crippen LogP contribution in [-0.4, -0.2) is 9.97 Å². The van der Waals surface area contributed by atoms with Gasteiger partial charge in [0.15, 0.2) is 0 Å². The van der Waals surface area contributed by atoms with Gasteiger partial charge < -0.3 is 0 Å². The molecule has 0 spiro atoms. The van der Waals surface area contributed by atoms with Gasteiger partial charge in [-0.1, -0.05) is 71.9 Å². The zero-order valence-corrected chi connectivity index (χ0v) is 14.0. The molecule has 0 N–H and O–H groups in total. The van der Waals surface area contributed by atoms with Crippen LogP contribution in [0.3, 0.4) is 0 Å². The summed E-state index contributed by atoms with van der Waals surface area (Å²) in [6.07, 6.45) is 0. The fourth-order valence-electron chi connectivity index (χ4n) is 2.59. The van der Waals surface area contributed by atoms with E-state index >= 15 is 0 Å². The van der Waals surface area contributed by atoms with Crippen molar-refractivity contribution in [2.24, 2.45) is 0 Å². The van der Waals surface area contributed by atoms with Crippen LogP contribution in [0.15, 0.2) is 30.3 Å². The predicted molar refractivity (Wildman–Crippen MR) is 89.7 cm³/mol. The third-order valence-corrected chi connectivity index (χ3v) is 3.68. The third kappa shape index (κ3) is 3.31. The predicted octanol–water partition coefficient (Wildman–Crippen LogP) is 5.51. The van der Waals surface area contributed by atoms with Crippen LogP contribution < -0.4 is 0 Å². The molecule has 0 atom stereocenters. The first kappa shape index (κ1) is 15.7. The Hall–Kier alpha value is -1.70. The molecule has 112 valence electrons. The summed E-state index contributed by atoms with van der Waals surface area (Å²) in [7, 11) is 0. The van der Waals surface area contributed by atoms with Gasteiger partial charge in [-0.25, -0.2) is 9.97 Å². The maximum Gasteiger partial charge on any atom is 0.131 e. The minimum atomic E-state index is 0.339. The number of hydrogen-bond acceptors (Lipinski definition) is 2. The minimum absolute atomic E-state index is 0.339. The fraction of sp³-hybridized carbons (Fsp3) is 0.474. The smallest absolute Gasteiger partial charge is 0.131 e. The molecule has 0 saturated carbocycles. The molecule has 0 amide bonds. The summed E-state index contributed by atoms with van der Waals surface area (Å²) in [5, 5.41) is 0. The SMILES string of the molecule is CC(C)c1nc(-c2ccccc2)c(C(C)C)c(C(C)C)n1. The maximum atomic E-state index is 4.90. The van der Waals surface area contributed by atoms with E-state index in [1.165, 1.54) is 16.8 Å². The van der Waals surface area contributed by atoms with Crippen LogP contribution in [0, 0.1) is 0 Å². The largest absolute Gasteiger partial charge is 0.237 e. The summed E-state index contributed by atoms with van der Waals surface area (Å²) in [6.45, 7) is 13.2. The van der Waals surface area contributed by atoms with Crippen LogP contribution in [0.5, 0.6) is 0 Å². The van der Waals surface area contributed by atoms with Gasteiger partial charge in [-0.2, -0.15) is 0 Å². The number of rotatable bonds is 4. The maximum absolute atomic E-state index is 4.90. The number of benzene rings is 1. The van der Waals surface area contributed by atoms with Crippen LogP contribution in [0.2, 0.25) is 0 Å². The normalized spacial score (nSPS) is 11.7. The lowest BCUT2D eigenvalue weighted by atomic mass is 9.90. The highest BCUT2D eigenvalue weighted by atomic mass is 14.9. The highest BCUT2D eigenvalue weighted by Gasteiger charge is 2.21. The van der Waals surface area contributed by atoms with Crippen molar-refractivity contribution in [2.45, 2.75) is 59.3 Å². The van der Waals surface area contributed by atoms with Gasteiger partial charge in [0.05, 0.1) is 11.4 Å². The average molecular weight is 282 g/mol. The van der Waals surface area contributed by atoms with E-state index in [4.69, 9.17) is 9.97 Å². The Kier molecular flexibility index (Phi) is 4.76. The molecule has 21 heavy (non-hydrogen) atoms. The van der Waals surface area contributed by atoms with E-state index in [9.17, 15) is 0 Å². The van der Waals surface area contributed by atoms with Gasteiger partial charge in [-0.15, -0.1) is 0 Å². The molecule has 0 bridgehead atoms. The molecule has 2 rings (SSSR count). The topological polar surface area (TPSA) is 25.8 Å². The van der Waals surface area contributed by atoms with Gasteiger partial charge >= 0.3 is 0 Å². The zero-order valence-electron chi connectivity index (χ0n) is 14.0. The van der Waals surface area contributed by atoms with E-state index in [1.54, 1.807) is 0 Å². The van der Waals surface area contributed by atoms with Crippen LogP contribution in [0.1, 0.15) is 76.4 Å². The lowest BCUT2D eigenvalue weighted by molar-refractivity contribution is 0.698. The zero-order chi connectivity index (χ0) is 15.6. The molecular formula is C19H26N2. The number of hydrogen-bond donors (Lipinski definition) is 0. The first-order valence-electron chi connectivity index (χ1n) is 7.89. The molecule has 0 saturated heterocycles. The van der Waals surface area contributed by atoms with Crippen molar-refractivity contribution in [2.75, 3.05) is 0 Å². The Labute approximate surface area is 128 Å². The Balaban J connectivity index is 2.76. The van der Waals surface area contributed by atoms with E-state index < -0.39 is 0 Å². The van der Waals surface area contributed by atoms with Crippen molar-refractivity contribution in [3.8, 4) is 11.3 Å². The quantitative estimate of drug-likeness (QED) is 0.738. The first-order valence-corrected chi connectivity index (χ1v) is 7.89. The molecule has 0 fully saturated rings. The molecule has 2 nitrogen and oxygen atoms in total. The Morgan fingerprint density at radius 2 is 1.33 bits per heavy atom. The summed E-state index contributed by atoms with van der Waals surface area (Å²) in [5.74, 6) is 2.11. The van der Waals surface area contributed by atoms with E-state index in [0.717, 1.165) is 11.5 Å². The van der Waals surface area contributed by atoms with E-state index in [2.05, 4.69) is 65.8 Å². The monoisotopic (exact) mass is 282 g/mol. The summed E-state index contributed by atoms with van der Waals surface area (Å²) in [6, 6.07) is 10.5. The fourth-order valence-corrected chi connectivity index (χ4v) is 2.59. The lowest BCUT2D eigenvalue weighted by Crippen LogP contribution is -2.11. The highest BCUT2D eigenvalue weighted by Crippen LogP contribution is 2.34. The second kappa shape index (κ2) is 6.38. The van der Waals surface area contributed by atoms with Crippen molar-refractivity contribution in [1.82, 2.24) is 9.97 Å². The second-order valence-electron chi connectivity index (χ2n) is 6.56. The molecule has 0 unspecified atom stereocenters. The molecular weight excluding hydrogens is 256 g/mol. The summed E-state index contributed by atoms with van der Waals surface area (Å²) < 4.78 is 0.